The first-order valence-electron chi connectivity index (χ1n) is 9.79. The number of hydrogen-bond donors (Lipinski definition) is 1. The second-order valence-electron chi connectivity index (χ2n) is 8.05. The minimum absolute atomic E-state index is 0.0762. The first-order chi connectivity index (χ1) is 14.1. The van der Waals surface area contributed by atoms with E-state index >= 15 is 0 Å². The van der Waals surface area contributed by atoms with Crippen LogP contribution >= 0.6 is 0 Å². The van der Waals surface area contributed by atoms with Gasteiger partial charge in [-0.2, -0.15) is 0 Å². The lowest BCUT2D eigenvalue weighted by Gasteiger charge is -2.38. The summed E-state index contributed by atoms with van der Waals surface area (Å²) in [6.45, 7) is 5.36. The molecule has 0 aliphatic carbocycles. The van der Waals surface area contributed by atoms with Crippen molar-refractivity contribution in [2.45, 2.75) is 57.9 Å². The van der Waals surface area contributed by atoms with Crippen molar-refractivity contribution >= 4 is 18.2 Å². The number of nitrogens with zero attached hydrogens (tertiary/aromatic N) is 1. The molecule has 9 heteroatoms. The summed E-state index contributed by atoms with van der Waals surface area (Å²) in [5.74, 6) is -0.615. The third-order valence-corrected chi connectivity index (χ3v) is 4.42. The molecule has 0 saturated carbocycles. The Labute approximate surface area is 176 Å². The minimum atomic E-state index is -1.30. The SMILES string of the molecule is COCOC(=O)C[C@]1(NC(=O)OC(C)(C)C)CCCN1C(=O)OCc1ccccc1. The first kappa shape index (κ1) is 23.5. The predicted molar refractivity (Wildman–Crippen MR) is 107 cm³/mol. The van der Waals surface area contributed by atoms with Crippen LogP contribution in [0.5, 0.6) is 0 Å². The zero-order chi connectivity index (χ0) is 22.2. The number of likely N-dealkylation sites (tertiary alicyclic amines) is 1. The molecule has 1 aromatic rings. The van der Waals surface area contributed by atoms with Crippen LogP contribution in [-0.2, 0) is 30.3 Å². The topological polar surface area (TPSA) is 103 Å². The summed E-state index contributed by atoms with van der Waals surface area (Å²) in [6, 6.07) is 9.24. The number of amides is 2. The lowest BCUT2D eigenvalue weighted by Crippen LogP contribution is -2.60. The van der Waals surface area contributed by atoms with Crippen molar-refractivity contribution in [2.75, 3.05) is 20.4 Å². The Morgan fingerprint density at radius 3 is 2.47 bits per heavy atom. The number of methoxy groups -OCH3 is 1. The molecule has 0 radical (unpaired) electrons. The Kier molecular flexibility index (Phi) is 8.05. The molecule has 166 valence electrons. The van der Waals surface area contributed by atoms with Crippen LogP contribution in [0.2, 0.25) is 0 Å². The van der Waals surface area contributed by atoms with Crippen molar-refractivity contribution in [1.29, 1.82) is 0 Å². The summed E-state index contributed by atoms with van der Waals surface area (Å²) >= 11 is 0. The first-order valence-corrected chi connectivity index (χ1v) is 9.79. The number of alkyl carbamates (subject to hydrolysis) is 1. The second-order valence-corrected chi connectivity index (χ2v) is 8.05. The maximum absolute atomic E-state index is 12.8. The highest BCUT2D eigenvalue weighted by molar-refractivity contribution is 5.77. The van der Waals surface area contributed by atoms with E-state index in [2.05, 4.69) is 5.32 Å². The van der Waals surface area contributed by atoms with Gasteiger partial charge >= 0.3 is 18.2 Å². The van der Waals surface area contributed by atoms with Gasteiger partial charge in [0, 0.05) is 13.7 Å². The Balaban J connectivity index is 2.15. The number of ether oxygens (including phenoxy) is 4. The lowest BCUT2D eigenvalue weighted by molar-refractivity contribution is -0.157. The summed E-state index contributed by atoms with van der Waals surface area (Å²) in [5.41, 5.74) is -1.21. The van der Waals surface area contributed by atoms with Crippen LogP contribution in [0, 0.1) is 0 Å². The average molecular weight is 422 g/mol. The van der Waals surface area contributed by atoms with Crippen LogP contribution in [0.4, 0.5) is 9.59 Å². The maximum atomic E-state index is 12.8. The maximum Gasteiger partial charge on any atom is 0.411 e. The lowest BCUT2D eigenvalue weighted by atomic mass is 10.0. The minimum Gasteiger partial charge on any atom is -0.444 e. The molecule has 2 rings (SSSR count). The zero-order valence-corrected chi connectivity index (χ0v) is 17.9. The Morgan fingerprint density at radius 2 is 1.83 bits per heavy atom. The molecular formula is C21H30N2O7. The van der Waals surface area contributed by atoms with E-state index in [-0.39, 0.29) is 19.8 Å². The summed E-state index contributed by atoms with van der Waals surface area (Å²) in [5, 5.41) is 2.71. The number of nitrogens with one attached hydrogen (secondary N) is 1. The summed E-state index contributed by atoms with van der Waals surface area (Å²) in [4.78, 5) is 39.0. The highest BCUT2D eigenvalue weighted by Gasteiger charge is 2.48. The van der Waals surface area contributed by atoms with Gasteiger partial charge in [-0.1, -0.05) is 30.3 Å². The van der Waals surface area contributed by atoms with E-state index in [4.69, 9.17) is 18.9 Å². The normalized spacial score (nSPS) is 18.6. The third kappa shape index (κ3) is 6.91. The highest BCUT2D eigenvalue weighted by Crippen LogP contribution is 2.32. The summed E-state index contributed by atoms with van der Waals surface area (Å²) in [7, 11) is 1.39. The second kappa shape index (κ2) is 10.3. The summed E-state index contributed by atoms with van der Waals surface area (Å²) < 4.78 is 20.5. The van der Waals surface area contributed by atoms with Crippen LogP contribution in [0.3, 0.4) is 0 Å². The molecule has 1 heterocycles. The molecule has 0 bridgehead atoms. The van der Waals surface area contributed by atoms with Gasteiger partial charge in [0.15, 0.2) is 6.79 Å². The van der Waals surface area contributed by atoms with Gasteiger partial charge in [-0.15, -0.1) is 0 Å². The fourth-order valence-electron chi connectivity index (χ4n) is 3.21. The van der Waals surface area contributed by atoms with E-state index in [0.717, 1.165) is 5.56 Å². The Bertz CT molecular complexity index is 733. The van der Waals surface area contributed by atoms with Gasteiger partial charge in [-0.25, -0.2) is 9.59 Å². The van der Waals surface area contributed by atoms with Crippen LogP contribution in [0.1, 0.15) is 45.6 Å². The molecule has 0 aromatic heterocycles. The smallest absolute Gasteiger partial charge is 0.411 e. The largest absolute Gasteiger partial charge is 0.444 e. The molecule has 9 nitrogen and oxygen atoms in total. The van der Waals surface area contributed by atoms with Gasteiger partial charge in [0.2, 0.25) is 0 Å². The molecule has 1 atom stereocenters. The molecule has 30 heavy (non-hydrogen) atoms. The zero-order valence-electron chi connectivity index (χ0n) is 17.9. The highest BCUT2D eigenvalue weighted by atomic mass is 16.7. The molecule has 0 spiro atoms. The molecular weight excluding hydrogens is 392 g/mol. The number of benzene rings is 1. The van der Waals surface area contributed by atoms with E-state index in [9.17, 15) is 14.4 Å². The number of esters is 1. The summed E-state index contributed by atoms with van der Waals surface area (Å²) in [6.07, 6.45) is -0.685. The van der Waals surface area contributed by atoms with Crippen molar-refractivity contribution < 1.29 is 33.3 Å². The average Bonchev–Trinajstić information content (AvgIpc) is 3.06. The van der Waals surface area contributed by atoms with Crippen molar-refractivity contribution in [3.05, 3.63) is 35.9 Å². The third-order valence-electron chi connectivity index (χ3n) is 4.42. The molecule has 1 N–H and O–H groups in total. The Hall–Kier alpha value is -2.81. The van der Waals surface area contributed by atoms with Crippen molar-refractivity contribution in [1.82, 2.24) is 10.2 Å². The van der Waals surface area contributed by atoms with Crippen molar-refractivity contribution in [2.24, 2.45) is 0 Å². The molecule has 1 fully saturated rings. The number of rotatable bonds is 7. The van der Waals surface area contributed by atoms with Gasteiger partial charge < -0.3 is 18.9 Å². The molecule has 2 amide bonds. The quantitative estimate of drug-likeness (QED) is 0.409. The van der Waals surface area contributed by atoms with E-state index in [1.54, 1.807) is 20.8 Å². The van der Waals surface area contributed by atoms with Crippen LogP contribution in [0.25, 0.3) is 0 Å². The van der Waals surface area contributed by atoms with E-state index < -0.39 is 29.4 Å². The van der Waals surface area contributed by atoms with E-state index in [0.29, 0.717) is 19.4 Å². The number of carbonyl (C=O) groups excluding carboxylic acids is 3. The molecule has 1 saturated heterocycles. The predicted octanol–water partition coefficient (Wildman–Crippen LogP) is 3.18. The van der Waals surface area contributed by atoms with Crippen LogP contribution in [0.15, 0.2) is 30.3 Å². The number of hydrogen-bond acceptors (Lipinski definition) is 7. The standard InChI is InChI=1S/C21H30N2O7/c1-20(2,3)30-18(25)22-21(13-17(24)29-15-27-4)11-8-12-23(21)19(26)28-14-16-9-6-5-7-10-16/h5-7,9-10H,8,11-15H2,1-4H3,(H,22,25)/t21-/m0/s1. The van der Waals surface area contributed by atoms with Gasteiger partial charge in [0.05, 0.1) is 6.42 Å². The Morgan fingerprint density at radius 1 is 1.13 bits per heavy atom. The van der Waals surface area contributed by atoms with Crippen molar-refractivity contribution in [3.8, 4) is 0 Å². The van der Waals surface area contributed by atoms with Crippen LogP contribution < -0.4 is 5.32 Å². The molecule has 1 aliphatic heterocycles. The molecule has 1 aromatic carbocycles. The van der Waals surface area contributed by atoms with Crippen LogP contribution in [-0.4, -0.2) is 54.8 Å². The van der Waals surface area contributed by atoms with Gasteiger partial charge in [0.25, 0.3) is 0 Å². The molecule has 0 unspecified atom stereocenters. The number of carbonyl (C=O) groups is 3. The monoisotopic (exact) mass is 422 g/mol. The fraction of sp³-hybridized carbons (Fsp3) is 0.571. The van der Waals surface area contributed by atoms with Crippen molar-refractivity contribution in [3.63, 3.8) is 0 Å². The fourth-order valence-corrected chi connectivity index (χ4v) is 3.21. The van der Waals surface area contributed by atoms with Gasteiger partial charge in [0.1, 0.15) is 17.9 Å². The molecule has 1 aliphatic rings. The van der Waals surface area contributed by atoms with E-state index in [1.807, 2.05) is 30.3 Å². The van der Waals surface area contributed by atoms with E-state index in [1.165, 1.54) is 12.0 Å². The van der Waals surface area contributed by atoms with Gasteiger partial charge in [-0.05, 0) is 39.2 Å². The van der Waals surface area contributed by atoms with Gasteiger partial charge in [-0.3, -0.25) is 15.0 Å².